The molecule has 1 unspecified atom stereocenters. The maximum Gasteiger partial charge on any atom is 0.0744 e. The van der Waals surface area contributed by atoms with E-state index in [1.165, 1.54) is 25.7 Å². The monoisotopic (exact) mass is 277 g/mol. The van der Waals surface area contributed by atoms with Crippen molar-refractivity contribution in [3.05, 3.63) is 0 Å². The Morgan fingerprint density at radius 2 is 1.50 bits per heavy atom. The van der Waals surface area contributed by atoms with E-state index in [-0.39, 0.29) is 0 Å². The van der Waals surface area contributed by atoms with Crippen LogP contribution in [0.2, 0.25) is 0 Å². The molecule has 2 saturated heterocycles. The molecule has 0 amide bonds. The number of morpholine rings is 1. The van der Waals surface area contributed by atoms with E-state index in [1.54, 1.807) is 0 Å². The summed E-state index contributed by atoms with van der Waals surface area (Å²) in [5.41, 5.74) is 0. The van der Waals surface area contributed by atoms with Crippen LogP contribution in [-0.2, 0) is 9.47 Å². The van der Waals surface area contributed by atoms with Crippen LogP contribution < -0.4 is 0 Å². The topological polar surface area (TPSA) is 21.7 Å². The largest absolute Gasteiger partial charge is 0.381 e. The molecule has 1 aliphatic carbocycles. The second-order valence-corrected chi connectivity index (χ2v) is 6.31. The van der Waals surface area contributed by atoms with Gasteiger partial charge in [-0.05, 0) is 31.6 Å². The first-order valence-electron chi connectivity index (χ1n) is 8.34. The highest BCUT2D eigenvalue weighted by atomic mass is 16.5. The molecule has 0 aromatic rings. The highest BCUT2D eigenvalue weighted by Crippen LogP contribution is 2.30. The Hall–Kier alpha value is -0.560. The highest BCUT2D eigenvalue weighted by Gasteiger charge is 2.29. The quantitative estimate of drug-likeness (QED) is 0.723. The molecule has 0 radical (unpaired) electrons. The third kappa shape index (κ3) is 3.75. The van der Waals surface area contributed by atoms with Crippen LogP contribution in [0.4, 0.5) is 0 Å². The van der Waals surface area contributed by atoms with Crippen molar-refractivity contribution in [2.75, 3.05) is 39.5 Å². The summed E-state index contributed by atoms with van der Waals surface area (Å²) in [5, 5.41) is 0. The molecular weight excluding hydrogens is 250 g/mol. The van der Waals surface area contributed by atoms with Gasteiger partial charge in [-0.15, -0.1) is 0 Å². The number of hydrogen-bond acceptors (Lipinski definition) is 3. The SMILES string of the molecule is C(#CC(C1CCCC1)N1CCOCC1)C1CCOCC1. The predicted molar refractivity (Wildman–Crippen MR) is 79.5 cm³/mol. The van der Waals surface area contributed by atoms with Gasteiger partial charge in [0.2, 0.25) is 0 Å². The molecule has 1 saturated carbocycles. The number of ether oxygens (including phenoxy) is 2. The lowest BCUT2D eigenvalue weighted by atomic mass is 9.94. The first kappa shape index (κ1) is 14.4. The molecule has 1 atom stereocenters. The summed E-state index contributed by atoms with van der Waals surface area (Å²) < 4.78 is 10.9. The van der Waals surface area contributed by atoms with E-state index in [4.69, 9.17) is 9.47 Å². The van der Waals surface area contributed by atoms with Gasteiger partial charge in [-0.25, -0.2) is 0 Å². The lowest BCUT2D eigenvalue weighted by molar-refractivity contribution is 0.0168. The molecule has 0 bridgehead atoms. The van der Waals surface area contributed by atoms with Gasteiger partial charge in [-0.1, -0.05) is 24.7 Å². The Morgan fingerprint density at radius 3 is 2.20 bits per heavy atom. The molecule has 0 aromatic heterocycles. The van der Waals surface area contributed by atoms with Gasteiger partial charge in [-0.2, -0.15) is 0 Å². The van der Waals surface area contributed by atoms with Crippen molar-refractivity contribution >= 4 is 0 Å². The Morgan fingerprint density at radius 1 is 0.850 bits per heavy atom. The van der Waals surface area contributed by atoms with Crippen molar-refractivity contribution in [2.45, 2.75) is 44.6 Å². The van der Waals surface area contributed by atoms with Crippen molar-refractivity contribution < 1.29 is 9.47 Å². The molecule has 112 valence electrons. The van der Waals surface area contributed by atoms with Gasteiger partial charge in [0.15, 0.2) is 0 Å². The normalized spacial score (nSPS) is 28.0. The van der Waals surface area contributed by atoms with E-state index in [2.05, 4.69) is 16.7 Å². The third-order valence-corrected chi connectivity index (χ3v) is 4.94. The fourth-order valence-electron chi connectivity index (χ4n) is 3.68. The van der Waals surface area contributed by atoms with Crippen LogP contribution >= 0.6 is 0 Å². The Bertz CT molecular complexity index is 342. The molecule has 0 aromatic carbocycles. The summed E-state index contributed by atoms with van der Waals surface area (Å²) in [7, 11) is 0. The summed E-state index contributed by atoms with van der Waals surface area (Å²) in [6, 6.07) is 0.476. The van der Waals surface area contributed by atoms with Crippen molar-refractivity contribution in [3.63, 3.8) is 0 Å². The van der Waals surface area contributed by atoms with Gasteiger partial charge in [0.25, 0.3) is 0 Å². The predicted octanol–water partition coefficient (Wildman–Crippen LogP) is 2.31. The first-order chi connectivity index (χ1) is 9.93. The lowest BCUT2D eigenvalue weighted by Gasteiger charge is -2.35. The number of hydrogen-bond donors (Lipinski definition) is 0. The number of nitrogens with zero attached hydrogens (tertiary/aromatic N) is 1. The zero-order chi connectivity index (χ0) is 13.6. The van der Waals surface area contributed by atoms with E-state index in [9.17, 15) is 0 Å². The highest BCUT2D eigenvalue weighted by molar-refractivity contribution is 5.14. The lowest BCUT2D eigenvalue weighted by Crippen LogP contribution is -2.46. The Balaban J connectivity index is 1.65. The summed E-state index contributed by atoms with van der Waals surface area (Å²) in [6.07, 6.45) is 7.75. The van der Waals surface area contributed by atoms with Crippen LogP contribution in [0.3, 0.4) is 0 Å². The van der Waals surface area contributed by atoms with Gasteiger partial charge in [0.1, 0.15) is 0 Å². The van der Waals surface area contributed by atoms with Gasteiger partial charge in [0, 0.05) is 32.2 Å². The molecule has 3 rings (SSSR count). The maximum absolute atomic E-state index is 5.50. The smallest absolute Gasteiger partial charge is 0.0744 e. The van der Waals surface area contributed by atoms with Crippen LogP contribution in [0.5, 0.6) is 0 Å². The second-order valence-electron chi connectivity index (χ2n) is 6.31. The Labute approximate surface area is 123 Å². The standard InChI is InChI=1S/C17H27NO2/c1-2-4-16(3-1)17(18-9-13-20-14-10-18)6-5-15-7-11-19-12-8-15/h15-17H,1-4,7-14H2. The Kier molecular flexibility index (Phi) is 5.36. The van der Waals surface area contributed by atoms with Crippen LogP contribution in [0, 0.1) is 23.7 Å². The molecule has 3 fully saturated rings. The van der Waals surface area contributed by atoms with E-state index >= 15 is 0 Å². The molecule has 20 heavy (non-hydrogen) atoms. The minimum Gasteiger partial charge on any atom is -0.381 e. The maximum atomic E-state index is 5.50. The summed E-state index contributed by atoms with van der Waals surface area (Å²) in [4.78, 5) is 2.58. The molecular formula is C17H27NO2. The van der Waals surface area contributed by atoms with Crippen molar-refractivity contribution in [3.8, 4) is 11.8 Å². The number of rotatable bonds is 2. The third-order valence-electron chi connectivity index (χ3n) is 4.94. The molecule has 3 aliphatic rings. The fraction of sp³-hybridized carbons (Fsp3) is 0.882. The van der Waals surface area contributed by atoms with Crippen LogP contribution in [0.1, 0.15) is 38.5 Å². The van der Waals surface area contributed by atoms with Crippen molar-refractivity contribution in [1.29, 1.82) is 0 Å². The minimum absolute atomic E-state index is 0.476. The molecule has 3 heteroatoms. The summed E-state index contributed by atoms with van der Waals surface area (Å²) >= 11 is 0. The van der Waals surface area contributed by atoms with Crippen LogP contribution in [-0.4, -0.2) is 50.5 Å². The van der Waals surface area contributed by atoms with Crippen molar-refractivity contribution in [2.24, 2.45) is 11.8 Å². The van der Waals surface area contributed by atoms with Gasteiger partial charge in [0.05, 0.1) is 19.3 Å². The van der Waals surface area contributed by atoms with Crippen LogP contribution in [0.15, 0.2) is 0 Å². The fourth-order valence-corrected chi connectivity index (χ4v) is 3.68. The molecule has 0 spiro atoms. The average molecular weight is 277 g/mol. The van der Waals surface area contributed by atoms with E-state index in [1.807, 2.05) is 0 Å². The molecule has 3 nitrogen and oxygen atoms in total. The first-order valence-corrected chi connectivity index (χ1v) is 8.34. The van der Waals surface area contributed by atoms with Crippen LogP contribution in [0.25, 0.3) is 0 Å². The zero-order valence-electron chi connectivity index (χ0n) is 12.5. The van der Waals surface area contributed by atoms with Gasteiger partial charge < -0.3 is 9.47 Å². The second kappa shape index (κ2) is 7.45. The molecule has 2 heterocycles. The average Bonchev–Trinajstić information content (AvgIpc) is 3.04. The van der Waals surface area contributed by atoms with Gasteiger partial charge >= 0.3 is 0 Å². The summed E-state index contributed by atoms with van der Waals surface area (Å²) in [6.45, 7) is 5.66. The van der Waals surface area contributed by atoms with E-state index in [0.29, 0.717) is 12.0 Å². The minimum atomic E-state index is 0.476. The van der Waals surface area contributed by atoms with Gasteiger partial charge in [-0.3, -0.25) is 4.90 Å². The molecule has 0 N–H and O–H groups in total. The zero-order valence-corrected chi connectivity index (χ0v) is 12.5. The summed E-state index contributed by atoms with van der Waals surface area (Å²) in [5.74, 6) is 8.60. The van der Waals surface area contributed by atoms with Crippen molar-refractivity contribution in [1.82, 2.24) is 4.90 Å². The van der Waals surface area contributed by atoms with E-state index in [0.717, 1.165) is 58.3 Å². The van der Waals surface area contributed by atoms with E-state index < -0.39 is 0 Å². The molecule has 2 aliphatic heterocycles.